The van der Waals surface area contributed by atoms with Crippen LogP contribution >= 0.6 is 0 Å². The molecule has 0 spiro atoms. The van der Waals surface area contributed by atoms with E-state index >= 15 is 0 Å². The van der Waals surface area contributed by atoms with Crippen LogP contribution in [0.25, 0.3) is 0 Å². The van der Waals surface area contributed by atoms with Crippen LogP contribution in [-0.4, -0.2) is 78.8 Å². The molecule has 0 aromatic heterocycles. The molecule has 2 aliphatic rings. The number of amides is 3. The van der Waals surface area contributed by atoms with E-state index in [4.69, 9.17) is 9.47 Å². The fourth-order valence-corrected chi connectivity index (χ4v) is 2.87. The molecule has 7 nitrogen and oxygen atoms in total. The van der Waals surface area contributed by atoms with Gasteiger partial charge >= 0.3 is 12.1 Å². The fourth-order valence-electron chi connectivity index (χ4n) is 2.87. The third-order valence-corrected chi connectivity index (χ3v) is 4.31. The summed E-state index contributed by atoms with van der Waals surface area (Å²) in [6.07, 6.45) is -0.401. The Bertz CT molecular complexity index is 611. The molecule has 3 amide bonds. The first-order valence-electron chi connectivity index (χ1n) is 8.44. The van der Waals surface area contributed by atoms with E-state index in [2.05, 4.69) is 0 Å². The van der Waals surface area contributed by atoms with E-state index < -0.39 is 0 Å². The van der Waals surface area contributed by atoms with Crippen molar-refractivity contribution in [2.45, 2.75) is 13.0 Å². The molecule has 1 aromatic rings. The van der Waals surface area contributed by atoms with Crippen molar-refractivity contribution in [3.63, 3.8) is 0 Å². The molecule has 0 N–H and O–H groups in total. The number of likely N-dealkylation sites (tertiary alicyclic amines) is 1. The number of carbonyl (C=O) groups excluding carboxylic acids is 2. The van der Waals surface area contributed by atoms with Gasteiger partial charge in [0.15, 0.2) is 0 Å². The van der Waals surface area contributed by atoms with E-state index in [1.807, 2.05) is 0 Å². The lowest BCUT2D eigenvalue weighted by molar-refractivity contribution is 0.0234. The number of ether oxygens (including phenoxy) is 2. The zero-order valence-electron chi connectivity index (χ0n) is 14.2. The van der Waals surface area contributed by atoms with Gasteiger partial charge in [-0.2, -0.15) is 0 Å². The molecule has 3 rings (SSSR count). The topological polar surface area (TPSA) is 62.3 Å². The second-order valence-electron chi connectivity index (χ2n) is 6.05. The number of benzene rings is 1. The van der Waals surface area contributed by atoms with Crippen molar-refractivity contribution in [2.75, 3.05) is 45.9 Å². The maximum Gasteiger partial charge on any atom is 0.409 e. The second-order valence-corrected chi connectivity index (χ2v) is 6.05. The van der Waals surface area contributed by atoms with Crippen LogP contribution in [0.2, 0.25) is 0 Å². The number of hydrogen-bond acceptors (Lipinski definition) is 4. The van der Waals surface area contributed by atoms with Crippen LogP contribution in [-0.2, 0) is 4.74 Å². The number of halogens is 1. The lowest BCUT2D eigenvalue weighted by Crippen LogP contribution is -2.62. The van der Waals surface area contributed by atoms with Gasteiger partial charge < -0.3 is 24.2 Å². The molecule has 2 aliphatic heterocycles. The van der Waals surface area contributed by atoms with Crippen LogP contribution < -0.4 is 4.74 Å². The van der Waals surface area contributed by atoms with Crippen LogP contribution in [0.15, 0.2) is 24.3 Å². The quantitative estimate of drug-likeness (QED) is 0.833. The van der Waals surface area contributed by atoms with E-state index in [9.17, 15) is 14.0 Å². The highest BCUT2D eigenvalue weighted by molar-refractivity contribution is 5.76. The van der Waals surface area contributed by atoms with E-state index in [1.165, 1.54) is 12.1 Å². The molecule has 0 atom stereocenters. The molecular weight excluding hydrogens is 329 g/mol. The maximum absolute atomic E-state index is 12.9. The number of nitrogens with zero attached hydrogens (tertiary/aromatic N) is 3. The zero-order valence-corrected chi connectivity index (χ0v) is 14.2. The average Bonchev–Trinajstić information content (AvgIpc) is 2.59. The predicted molar refractivity (Wildman–Crippen MR) is 88.0 cm³/mol. The number of hydrogen-bond donors (Lipinski definition) is 0. The zero-order chi connectivity index (χ0) is 17.8. The summed E-state index contributed by atoms with van der Waals surface area (Å²) in [7, 11) is 0. The van der Waals surface area contributed by atoms with Crippen LogP contribution in [0.1, 0.15) is 6.92 Å². The maximum atomic E-state index is 12.9. The third-order valence-electron chi connectivity index (χ3n) is 4.31. The molecule has 25 heavy (non-hydrogen) atoms. The van der Waals surface area contributed by atoms with Crippen molar-refractivity contribution in [3.8, 4) is 5.75 Å². The van der Waals surface area contributed by atoms with Crippen molar-refractivity contribution < 1.29 is 23.5 Å². The predicted octanol–water partition coefficient (Wildman–Crippen LogP) is 1.78. The first kappa shape index (κ1) is 17.3. The Balaban J connectivity index is 1.40. The Hall–Kier alpha value is -2.51. The summed E-state index contributed by atoms with van der Waals surface area (Å²) in [6, 6.07) is 5.81. The molecule has 1 aromatic carbocycles. The largest absolute Gasteiger partial charge is 0.487 e. The lowest BCUT2D eigenvalue weighted by Gasteiger charge is -2.43. The summed E-state index contributed by atoms with van der Waals surface area (Å²) < 4.78 is 23.5. The SMILES string of the molecule is CCOC(=O)N1CCN(C(=O)N2CC(Oc3ccc(F)cc3)C2)CC1. The molecule has 8 heteroatoms. The summed E-state index contributed by atoms with van der Waals surface area (Å²) >= 11 is 0. The summed E-state index contributed by atoms with van der Waals surface area (Å²) in [5.41, 5.74) is 0. The third kappa shape index (κ3) is 4.12. The fraction of sp³-hybridized carbons (Fsp3) is 0.529. The average molecular weight is 351 g/mol. The van der Waals surface area contributed by atoms with Gasteiger partial charge in [0, 0.05) is 26.2 Å². The normalized spacial score (nSPS) is 17.9. The minimum atomic E-state index is -0.327. The van der Waals surface area contributed by atoms with Crippen molar-refractivity contribution in [1.82, 2.24) is 14.7 Å². The minimum Gasteiger partial charge on any atom is -0.487 e. The van der Waals surface area contributed by atoms with Gasteiger partial charge in [-0.15, -0.1) is 0 Å². The van der Waals surface area contributed by atoms with E-state index in [0.29, 0.717) is 51.6 Å². The first-order chi connectivity index (χ1) is 12.1. The highest BCUT2D eigenvalue weighted by Crippen LogP contribution is 2.20. The van der Waals surface area contributed by atoms with Gasteiger partial charge in [-0.25, -0.2) is 14.0 Å². The first-order valence-corrected chi connectivity index (χ1v) is 8.44. The standard InChI is InChI=1S/C17H22FN3O4/c1-2-24-17(23)20-9-7-19(8-10-20)16(22)21-11-15(12-21)25-14-5-3-13(18)4-6-14/h3-6,15H,2,7-12H2,1H3. The van der Waals surface area contributed by atoms with Gasteiger partial charge in [0.25, 0.3) is 0 Å². The molecule has 0 radical (unpaired) electrons. The van der Waals surface area contributed by atoms with E-state index in [0.717, 1.165) is 0 Å². The molecule has 2 saturated heterocycles. The molecule has 2 heterocycles. The number of carbonyl (C=O) groups is 2. The van der Waals surface area contributed by atoms with Gasteiger partial charge in [-0.3, -0.25) is 0 Å². The molecular formula is C17H22FN3O4. The van der Waals surface area contributed by atoms with Gasteiger partial charge in [0.1, 0.15) is 17.7 Å². The van der Waals surface area contributed by atoms with Crippen molar-refractivity contribution in [3.05, 3.63) is 30.1 Å². The molecule has 2 fully saturated rings. The van der Waals surface area contributed by atoms with Gasteiger partial charge in [0.2, 0.25) is 0 Å². The van der Waals surface area contributed by atoms with Crippen molar-refractivity contribution in [2.24, 2.45) is 0 Å². The van der Waals surface area contributed by atoms with Crippen LogP contribution in [0.3, 0.4) is 0 Å². The Labute approximate surface area is 145 Å². The van der Waals surface area contributed by atoms with Crippen molar-refractivity contribution >= 4 is 12.1 Å². The molecule has 0 bridgehead atoms. The summed E-state index contributed by atoms with van der Waals surface area (Å²) in [6.45, 7) is 5.09. The molecule has 136 valence electrons. The van der Waals surface area contributed by atoms with Crippen molar-refractivity contribution in [1.29, 1.82) is 0 Å². The number of urea groups is 1. The lowest BCUT2D eigenvalue weighted by atomic mass is 10.1. The van der Waals surface area contributed by atoms with Crippen LogP contribution in [0.4, 0.5) is 14.0 Å². The van der Waals surface area contributed by atoms with Gasteiger partial charge in [-0.1, -0.05) is 0 Å². The van der Waals surface area contributed by atoms with Crippen LogP contribution in [0.5, 0.6) is 5.75 Å². The summed E-state index contributed by atoms with van der Waals surface area (Å²) in [5.74, 6) is 0.293. The molecule has 0 unspecified atom stereocenters. The second kappa shape index (κ2) is 7.58. The number of piperazine rings is 1. The molecule has 0 aliphatic carbocycles. The number of rotatable bonds is 3. The Morgan fingerprint density at radius 3 is 2.24 bits per heavy atom. The van der Waals surface area contributed by atoms with Crippen LogP contribution in [0, 0.1) is 5.82 Å². The highest BCUT2D eigenvalue weighted by atomic mass is 19.1. The van der Waals surface area contributed by atoms with Gasteiger partial charge in [-0.05, 0) is 31.2 Å². The minimum absolute atomic E-state index is 0.0394. The van der Waals surface area contributed by atoms with E-state index in [1.54, 1.807) is 33.8 Å². The van der Waals surface area contributed by atoms with E-state index in [-0.39, 0.29) is 24.0 Å². The smallest absolute Gasteiger partial charge is 0.409 e. The Kier molecular flexibility index (Phi) is 5.25. The van der Waals surface area contributed by atoms with Gasteiger partial charge in [0.05, 0.1) is 19.7 Å². The summed E-state index contributed by atoms with van der Waals surface area (Å²) in [5, 5.41) is 0. The monoisotopic (exact) mass is 351 g/mol. The Morgan fingerprint density at radius 2 is 1.64 bits per heavy atom. The summed E-state index contributed by atoms with van der Waals surface area (Å²) in [4.78, 5) is 29.2. The highest BCUT2D eigenvalue weighted by Gasteiger charge is 2.36. The Morgan fingerprint density at radius 1 is 1.04 bits per heavy atom. The molecule has 0 saturated carbocycles.